The van der Waals surface area contributed by atoms with Gasteiger partial charge < -0.3 is 5.32 Å². The van der Waals surface area contributed by atoms with Gasteiger partial charge in [-0.3, -0.25) is 0 Å². The molecule has 1 aliphatic rings. The number of sulfone groups is 1. The Hall–Kier alpha value is -0.650. The fourth-order valence-electron chi connectivity index (χ4n) is 1.76. The van der Waals surface area contributed by atoms with Crippen LogP contribution in [0.2, 0.25) is 5.02 Å². The highest BCUT2D eigenvalue weighted by molar-refractivity contribution is 7.90. The Morgan fingerprint density at radius 1 is 1.41 bits per heavy atom. The van der Waals surface area contributed by atoms with E-state index >= 15 is 0 Å². The molecule has 1 saturated heterocycles. The van der Waals surface area contributed by atoms with Crippen LogP contribution >= 0.6 is 11.6 Å². The summed E-state index contributed by atoms with van der Waals surface area (Å²) >= 11 is 5.80. The first-order valence-electron chi connectivity index (χ1n) is 5.31. The van der Waals surface area contributed by atoms with Crippen molar-refractivity contribution >= 4 is 21.4 Å². The highest BCUT2D eigenvalue weighted by Gasteiger charge is 2.24. The molecule has 0 unspecified atom stereocenters. The minimum absolute atomic E-state index is 0.122. The van der Waals surface area contributed by atoms with Crippen molar-refractivity contribution in [2.45, 2.75) is 5.75 Å². The second-order valence-corrected chi connectivity index (χ2v) is 6.83. The summed E-state index contributed by atoms with van der Waals surface area (Å²) in [4.78, 5) is 0. The lowest BCUT2D eigenvalue weighted by molar-refractivity contribution is 0.378. The summed E-state index contributed by atoms with van der Waals surface area (Å²) in [6.07, 6.45) is 0. The van der Waals surface area contributed by atoms with Crippen LogP contribution in [0.5, 0.6) is 0 Å². The van der Waals surface area contributed by atoms with Crippen LogP contribution in [-0.4, -0.2) is 27.3 Å². The van der Waals surface area contributed by atoms with Crippen molar-refractivity contribution in [3.63, 3.8) is 0 Å². The van der Waals surface area contributed by atoms with Gasteiger partial charge in [-0.15, -0.1) is 0 Å². The fraction of sp³-hybridized carbons (Fsp3) is 0.455. The molecule has 0 aromatic heterocycles. The van der Waals surface area contributed by atoms with E-state index in [0.717, 1.165) is 19.2 Å². The molecule has 1 aromatic carbocycles. The maximum atomic E-state index is 12.8. The lowest BCUT2D eigenvalue weighted by atomic mass is 10.1. The summed E-state index contributed by atoms with van der Waals surface area (Å²) in [7, 11) is -3.18. The Labute approximate surface area is 105 Å². The average molecular weight is 278 g/mol. The van der Waals surface area contributed by atoms with Gasteiger partial charge in [0.05, 0.1) is 11.5 Å². The normalized spacial score (nSPS) is 16.8. The predicted octanol–water partition coefficient (Wildman–Crippen LogP) is 1.61. The fourth-order valence-corrected chi connectivity index (χ4v) is 3.87. The van der Waals surface area contributed by atoms with Crippen molar-refractivity contribution in [3.05, 3.63) is 34.6 Å². The zero-order valence-electron chi connectivity index (χ0n) is 9.12. The van der Waals surface area contributed by atoms with Gasteiger partial charge in [0.1, 0.15) is 5.82 Å². The summed E-state index contributed by atoms with van der Waals surface area (Å²) in [6, 6.07) is 3.78. The van der Waals surface area contributed by atoms with Crippen molar-refractivity contribution in [1.82, 2.24) is 5.32 Å². The van der Waals surface area contributed by atoms with E-state index < -0.39 is 15.7 Å². The molecule has 0 amide bonds. The summed E-state index contributed by atoms with van der Waals surface area (Å²) in [5.74, 6) is -0.227. The molecule has 0 atom stereocenters. The van der Waals surface area contributed by atoms with Crippen molar-refractivity contribution in [2.24, 2.45) is 5.92 Å². The van der Waals surface area contributed by atoms with Crippen molar-refractivity contribution in [1.29, 1.82) is 0 Å². The van der Waals surface area contributed by atoms with Crippen LogP contribution in [0.1, 0.15) is 5.56 Å². The monoisotopic (exact) mass is 277 g/mol. The quantitative estimate of drug-likeness (QED) is 0.910. The third-order valence-electron chi connectivity index (χ3n) is 2.75. The maximum absolute atomic E-state index is 12.8. The van der Waals surface area contributed by atoms with Gasteiger partial charge in [0.2, 0.25) is 0 Å². The molecule has 17 heavy (non-hydrogen) atoms. The van der Waals surface area contributed by atoms with Gasteiger partial charge in [-0.05, 0) is 23.6 Å². The van der Waals surface area contributed by atoms with Crippen molar-refractivity contribution in [2.75, 3.05) is 18.8 Å². The highest BCUT2D eigenvalue weighted by Crippen LogP contribution is 2.21. The number of nitrogens with one attached hydrogen (secondary N) is 1. The van der Waals surface area contributed by atoms with E-state index in [0.29, 0.717) is 5.56 Å². The Morgan fingerprint density at radius 2 is 2.12 bits per heavy atom. The topological polar surface area (TPSA) is 46.2 Å². The van der Waals surface area contributed by atoms with Crippen molar-refractivity contribution < 1.29 is 12.8 Å². The number of hydrogen-bond acceptors (Lipinski definition) is 3. The minimum atomic E-state index is -3.18. The Kier molecular flexibility index (Phi) is 3.70. The number of halogens is 2. The molecule has 94 valence electrons. The van der Waals surface area contributed by atoms with Crippen LogP contribution in [0.15, 0.2) is 18.2 Å². The first kappa shape index (κ1) is 12.8. The van der Waals surface area contributed by atoms with E-state index in [1.54, 1.807) is 0 Å². The summed E-state index contributed by atoms with van der Waals surface area (Å²) < 4.78 is 36.5. The lowest BCUT2D eigenvalue weighted by Crippen LogP contribution is -2.45. The predicted molar refractivity (Wildman–Crippen MR) is 65.3 cm³/mol. The molecular formula is C11H13ClFNO2S. The molecule has 0 radical (unpaired) electrons. The van der Waals surface area contributed by atoms with Gasteiger partial charge >= 0.3 is 0 Å². The number of rotatable bonds is 4. The first-order chi connectivity index (χ1) is 7.96. The number of hydrogen-bond donors (Lipinski definition) is 1. The molecule has 2 rings (SSSR count). The number of benzene rings is 1. The van der Waals surface area contributed by atoms with E-state index in [9.17, 15) is 12.8 Å². The van der Waals surface area contributed by atoms with E-state index in [1.165, 1.54) is 12.1 Å². The van der Waals surface area contributed by atoms with Gasteiger partial charge in [-0.2, -0.15) is 0 Å². The Bertz CT molecular complexity index is 514. The SMILES string of the molecule is O=S(=O)(Cc1ccc(F)cc1Cl)CC1CNC1. The third kappa shape index (κ3) is 3.40. The molecule has 0 spiro atoms. The lowest BCUT2D eigenvalue weighted by Gasteiger charge is -2.26. The van der Waals surface area contributed by atoms with Gasteiger partial charge in [0.25, 0.3) is 0 Å². The summed E-state index contributed by atoms with van der Waals surface area (Å²) in [5.41, 5.74) is 0.459. The third-order valence-corrected chi connectivity index (χ3v) is 4.83. The molecule has 0 saturated carbocycles. The summed E-state index contributed by atoms with van der Waals surface area (Å²) in [5, 5.41) is 3.19. The molecule has 3 nitrogen and oxygen atoms in total. The molecule has 1 fully saturated rings. The second kappa shape index (κ2) is 4.92. The molecule has 0 bridgehead atoms. The maximum Gasteiger partial charge on any atom is 0.154 e. The smallest absolute Gasteiger partial charge is 0.154 e. The molecule has 1 aliphatic heterocycles. The zero-order valence-corrected chi connectivity index (χ0v) is 10.7. The van der Waals surface area contributed by atoms with Crippen LogP contribution in [-0.2, 0) is 15.6 Å². The Morgan fingerprint density at radius 3 is 2.65 bits per heavy atom. The zero-order chi connectivity index (χ0) is 12.5. The molecule has 0 aliphatic carbocycles. The molecular weight excluding hydrogens is 265 g/mol. The van der Waals surface area contributed by atoms with E-state index in [4.69, 9.17) is 11.6 Å². The van der Waals surface area contributed by atoms with Crippen LogP contribution in [0.4, 0.5) is 4.39 Å². The van der Waals surface area contributed by atoms with Crippen molar-refractivity contribution in [3.8, 4) is 0 Å². The highest BCUT2D eigenvalue weighted by atomic mass is 35.5. The van der Waals surface area contributed by atoms with Crippen LogP contribution < -0.4 is 5.32 Å². The standard InChI is InChI=1S/C11H13ClFNO2S/c12-11-3-10(13)2-1-9(11)7-17(15,16)6-8-4-14-5-8/h1-3,8,14H,4-7H2. The van der Waals surface area contributed by atoms with Gasteiger partial charge in [0, 0.05) is 18.1 Å². The van der Waals surface area contributed by atoms with E-state index in [1.807, 2.05) is 0 Å². The molecule has 1 aromatic rings. The molecule has 1 heterocycles. The van der Waals surface area contributed by atoms with E-state index in [2.05, 4.69) is 5.32 Å². The van der Waals surface area contributed by atoms with Gasteiger partial charge in [0.15, 0.2) is 9.84 Å². The molecule has 1 N–H and O–H groups in total. The Balaban J connectivity index is 2.08. The second-order valence-electron chi connectivity index (χ2n) is 4.31. The summed E-state index contributed by atoms with van der Waals surface area (Å²) in [6.45, 7) is 1.49. The first-order valence-corrected chi connectivity index (χ1v) is 7.51. The average Bonchev–Trinajstić information content (AvgIpc) is 2.17. The van der Waals surface area contributed by atoms with Crippen LogP contribution in [0, 0.1) is 11.7 Å². The van der Waals surface area contributed by atoms with Gasteiger partial charge in [-0.1, -0.05) is 17.7 Å². The van der Waals surface area contributed by atoms with Gasteiger partial charge in [-0.25, -0.2) is 12.8 Å². The van der Waals surface area contributed by atoms with E-state index in [-0.39, 0.29) is 22.4 Å². The molecule has 6 heteroatoms. The van der Waals surface area contributed by atoms with Crippen LogP contribution in [0.3, 0.4) is 0 Å². The largest absolute Gasteiger partial charge is 0.316 e. The minimum Gasteiger partial charge on any atom is -0.316 e. The van der Waals surface area contributed by atoms with Crippen LogP contribution in [0.25, 0.3) is 0 Å².